The van der Waals surface area contributed by atoms with E-state index in [1.807, 2.05) is 0 Å². The summed E-state index contributed by atoms with van der Waals surface area (Å²) in [6.07, 6.45) is 2.83. The van der Waals surface area contributed by atoms with Gasteiger partial charge in [0.1, 0.15) is 5.82 Å². The normalized spacial score (nSPS) is 13.7. The third-order valence-electron chi connectivity index (χ3n) is 4.76. The van der Waals surface area contributed by atoms with Gasteiger partial charge in [0, 0.05) is 35.4 Å². The third-order valence-corrected chi connectivity index (χ3v) is 4.76. The summed E-state index contributed by atoms with van der Waals surface area (Å²) in [6, 6.07) is 10.9. The summed E-state index contributed by atoms with van der Waals surface area (Å²) in [5.74, 6) is -1.94. The van der Waals surface area contributed by atoms with E-state index in [9.17, 15) is 18.8 Å². The van der Waals surface area contributed by atoms with E-state index in [0.29, 0.717) is 22.2 Å². The summed E-state index contributed by atoms with van der Waals surface area (Å²) in [5, 5.41) is 5.47. The van der Waals surface area contributed by atoms with Crippen molar-refractivity contribution in [3.63, 3.8) is 0 Å². The Morgan fingerprint density at radius 2 is 1.90 bits per heavy atom. The SMILES string of the molecule is C=CC(=O)Nc1cccc(C2=C(c3cn(C)c4ccc(F)cc34)C(=O)NC2=O)c1. The molecule has 0 fully saturated rings. The summed E-state index contributed by atoms with van der Waals surface area (Å²) < 4.78 is 15.6. The largest absolute Gasteiger partial charge is 0.350 e. The molecule has 0 aliphatic carbocycles. The highest BCUT2D eigenvalue weighted by atomic mass is 19.1. The van der Waals surface area contributed by atoms with Crippen LogP contribution >= 0.6 is 0 Å². The minimum Gasteiger partial charge on any atom is -0.350 e. The van der Waals surface area contributed by atoms with Crippen LogP contribution < -0.4 is 10.6 Å². The zero-order valence-corrected chi connectivity index (χ0v) is 15.5. The van der Waals surface area contributed by atoms with Crippen LogP contribution in [0.4, 0.5) is 10.1 Å². The maximum Gasteiger partial charge on any atom is 0.259 e. The minimum atomic E-state index is -0.553. The van der Waals surface area contributed by atoms with Crippen molar-refractivity contribution < 1.29 is 18.8 Å². The molecule has 1 aliphatic heterocycles. The predicted octanol–water partition coefficient (Wildman–Crippen LogP) is 3.01. The molecule has 0 saturated carbocycles. The smallest absolute Gasteiger partial charge is 0.259 e. The van der Waals surface area contributed by atoms with E-state index in [1.54, 1.807) is 48.1 Å². The number of benzene rings is 2. The minimum absolute atomic E-state index is 0.165. The van der Waals surface area contributed by atoms with Gasteiger partial charge in [-0.15, -0.1) is 0 Å². The van der Waals surface area contributed by atoms with Gasteiger partial charge in [-0.25, -0.2) is 4.39 Å². The van der Waals surface area contributed by atoms with Gasteiger partial charge in [0.05, 0.1) is 11.1 Å². The molecule has 1 aromatic heterocycles. The number of carbonyl (C=O) groups excluding carboxylic acids is 3. The van der Waals surface area contributed by atoms with E-state index in [1.165, 1.54) is 12.1 Å². The Hall–Kier alpha value is -4.00. The van der Waals surface area contributed by atoms with Gasteiger partial charge in [0.25, 0.3) is 11.8 Å². The molecule has 4 rings (SSSR count). The molecule has 6 nitrogen and oxygen atoms in total. The number of aromatic nitrogens is 1. The standard InChI is InChI=1S/C22H16FN3O3/c1-3-18(27)24-14-6-4-5-12(9-14)19-20(22(29)25-21(19)28)16-11-26(2)17-8-7-13(23)10-15(16)17/h3-11H,1H2,2H3,(H,24,27)(H,25,28,29). The Labute approximate surface area is 165 Å². The van der Waals surface area contributed by atoms with Crippen molar-refractivity contribution in [2.24, 2.45) is 7.05 Å². The average molecular weight is 389 g/mol. The van der Waals surface area contributed by atoms with Crippen molar-refractivity contribution in [2.45, 2.75) is 0 Å². The Kier molecular flexibility index (Phi) is 4.35. The van der Waals surface area contributed by atoms with Crippen molar-refractivity contribution in [1.82, 2.24) is 9.88 Å². The van der Waals surface area contributed by atoms with Crippen molar-refractivity contribution in [2.75, 3.05) is 5.32 Å². The molecule has 29 heavy (non-hydrogen) atoms. The molecule has 3 aromatic rings. The lowest BCUT2D eigenvalue weighted by Gasteiger charge is -2.07. The topological polar surface area (TPSA) is 80.2 Å². The molecule has 2 heterocycles. The molecule has 144 valence electrons. The molecule has 2 aromatic carbocycles. The molecule has 0 saturated heterocycles. The summed E-state index contributed by atoms with van der Waals surface area (Å²) in [5.41, 5.74) is 2.43. The molecular weight excluding hydrogens is 373 g/mol. The second-order valence-electron chi connectivity index (χ2n) is 6.62. The molecule has 7 heteroatoms. The number of aryl methyl sites for hydroxylation is 1. The number of halogens is 1. The first-order valence-electron chi connectivity index (χ1n) is 8.78. The van der Waals surface area contributed by atoms with Crippen LogP contribution in [0.5, 0.6) is 0 Å². The van der Waals surface area contributed by atoms with E-state index in [2.05, 4.69) is 17.2 Å². The number of nitrogens with one attached hydrogen (secondary N) is 2. The molecule has 0 bridgehead atoms. The van der Waals surface area contributed by atoms with E-state index in [0.717, 1.165) is 11.6 Å². The Bertz CT molecular complexity index is 1250. The fourth-order valence-electron chi connectivity index (χ4n) is 3.50. The maximum absolute atomic E-state index is 13.9. The number of anilines is 1. The number of carbonyl (C=O) groups is 3. The van der Waals surface area contributed by atoms with Gasteiger partial charge in [-0.3, -0.25) is 19.7 Å². The average Bonchev–Trinajstić information content (AvgIpc) is 3.16. The molecule has 2 N–H and O–H groups in total. The zero-order valence-electron chi connectivity index (χ0n) is 15.5. The fourth-order valence-corrected chi connectivity index (χ4v) is 3.50. The molecule has 0 unspecified atom stereocenters. The van der Waals surface area contributed by atoms with E-state index < -0.39 is 23.5 Å². The summed E-state index contributed by atoms with van der Waals surface area (Å²) in [6.45, 7) is 3.41. The first-order valence-corrected chi connectivity index (χ1v) is 8.78. The van der Waals surface area contributed by atoms with Crippen LogP contribution in [0, 0.1) is 5.82 Å². The Morgan fingerprint density at radius 3 is 2.66 bits per heavy atom. The lowest BCUT2D eigenvalue weighted by Crippen LogP contribution is -2.22. The van der Waals surface area contributed by atoms with Gasteiger partial charge >= 0.3 is 0 Å². The second kappa shape index (κ2) is 6.87. The number of hydrogen-bond donors (Lipinski definition) is 2. The number of hydrogen-bond acceptors (Lipinski definition) is 3. The van der Waals surface area contributed by atoms with E-state index in [4.69, 9.17) is 0 Å². The molecule has 0 atom stereocenters. The van der Waals surface area contributed by atoms with Crippen molar-refractivity contribution in [1.29, 1.82) is 0 Å². The third kappa shape index (κ3) is 3.12. The van der Waals surface area contributed by atoms with Crippen LogP contribution in [0.15, 0.2) is 61.3 Å². The molecule has 0 radical (unpaired) electrons. The van der Waals surface area contributed by atoms with Gasteiger partial charge in [-0.1, -0.05) is 18.7 Å². The van der Waals surface area contributed by atoms with Crippen LogP contribution in [0.25, 0.3) is 22.0 Å². The summed E-state index contributed by atoms with van der Waals surface area (Å²) in [7, 11) is 1.78. The van der Waals surface area contributed by atoms with Crippen molar-refractivity contribution in [3.8, 4) is 0 Å². The molecule has 0 spiro atoms. The van der Waals surface area contributed by atoms with Gasteiger partial charge in [-0.05, 0) is 42.0 Å². The van der Waals surface area contributed by atoms with E-state index >= 15 is 0 Å². The van der Waals surface area contributed by atoms with Crippen LogP contribution in [0.3, 0.4) is 0 Å². The number of imide groups is 1. The Morgan fingerprint density at radius 1 is 1.14 bits per heavy atom. The highest BCUT2D eigenvalue weighted by Gasteiger charge is 2.33. The van der Waals surface area contributed by atoms with Crippen LogP contribution in [-0.4, -0.2) is 22.3 Å². The number of fused-ring (bicyclic) bond motifs is 1. The number of rotatable bonds is 4. The molecular formula is C22H16FN3O3. The maximum atomic E-state index is 13.9. The van der Waals surface area contributed by atoms with Gasteiger partial charge in [-0.2, -0.15) is 0 Å². The summed E-state index contributed by atoms with van der Waals surface area (Å²) in [4.78, 5) is 36.8. The lowest BCUT2D eigenvalue weighted by molar-refractivity contribution is -0.122. The van der Waals surface area contributed by atoms with Crippen LogP contribution in [0.1, 0.15) is 11.1 Å². The Balaban J connectivity index is 1.94. The highest BCUT2D eigenvalue weighted by Crippen LogP contribution is 2.36. The second-order valence-corrected chi connectivity index (χ2v) is 6.62. The van der Waals surface area contributed by atoms with Gasteiger partial charge in [0.2, 0.25) is 5.91 Å². The number of amides is 3. The monoisotopic (exact) mass is 389 g/mol. The van der Waals surface area contributed by atoms with Gasteiger partial charge < -0.3 is 9.88 Å². The van der Waals surface area contributed by atoms with Crippen molar-refractivity contribution in [3.05, 3.63) is 78.3 Å². The van der Waals surface area contributed by atoms with Crippen molar-refractivity contribution >= 4 is 45.5 Å². The first-order chi connectivity index (χ1) is 13.9. The number of nitrogens with zero attached hydrogens (tertiary/aromatic N) is 1. The lowest BCUT2D eigenvalue weighted by atomic mass is 9.95. The predicted molar refractivity (Wildman–Crippen MR) is 108 cm³/mol. The van der Waals surface area contributed by atoms with Crippen LogP contribution in [0.2, 0.25) is 0 Å². The zero-order chi connectivity index (χ0) is 20.7. The highest BCUT2D eigenvalue weighted by molar-refractivity contribution is 6.50. The van der Waals surface area contributed by atoms with E-state index in [-0.39, 0.29) is 11.1 Å². The fraction of sp³-hybridized carbons (Fsp3) is 0.0455. The quantitative estimate of drug-likeness (QED) is 0.532. The summed E-state index contributed by atoms with van der Waals surface area (Å²) >= 11 is 0. The first kappa shape index (κ1) is 18.4. The van der Waals surface area contributed by atoms with Crippen LogP contribution in [-0.2, 0) is 21.4 Å². The molecule has 3 amide bonds. The molecule has 1 aliphatic rings. The van der Waals surface area contributed by atoms with Gasteiger partial charge in [0.15, 0.2) is 0 Å².